The maximum absolute atomic E-state index is 11.2. The van der Waals surface area contributed by atoms with E-state index in [2.05, 4.69) is 10.0 Å². The highest BCUT2D eigenvalue weighted by molar-refractivity contribution is 4.98. The molecule has 20 atom stereocenters. The predicted molar refractivity (Wildman–Crippen MR) is 165 cm³/mol. The first-order valence-corrected chi connectivity index (χ1v) is 17.1. The second kappa shape index (κ2) is 20.6. The first-order chi connectivity index (χ1) is 25.3. The minimum atomic E-state index is -2.03. The van der Waals surface area contributed by atoms with Gasteiger partial charge in [0.15, 0.2) is 25.2 Å². The zero-order chi connectivity index (χ0) is 39.0. The van der Waals surface area contributed by atoms with Gasteiger partial charge in [-0.25, -0.2) is 0 Å². The van der Waals surface area contributed by atoms with E-state index in [4.69, 9.17) is 43.4 Å². The second-order valence-corrected chi connectivity index (χ2v) is 13.0. The van der Waals surface area contributed by atoms with Gasteiger partial charge in [0.1, 0.15) is 97.7 Å². The van der Waals surface area contributed by atoms with E-state index in [9.17, 15) is 66.4 Å². The Balaban J connectivity index is 1.57. The molecule has 13 N–H and O–H groups in total. The van der Waals surface area contributed by atoms with Gasteiger partial charge in [-0.15, -0.1) is 0 Å². The van der Waals surface area contributed by atoms with E-state index in [1.165, 1.54) is 0 Å². The molecule has 4 heterocycles. The molecule has 0 aromatic heterocycles. The molecule has 0 bridgehead atoms. The molecule has 0 radical (unpaired) electrons. The Morgan fingerprint density at radius 3 is 1.40 bits per heavy atom. The van der Waals surface area contributed by atoms with Gasteiger partial charge in [0.2, 0.25) is 0 Å². The largest absolute Gasteiger partial charge is 0.394 e. The second-order valence-electron chi connectivity index (χ2n) is 13.0. The topological polar surface area (TPSA) is 386 Å². The van der Waals surface area contributed by atoms with E-state index in [-0.39, 0.29) is 13.2 Å². The number of azide groups is 1. The number of nitrogens with zero attached hydrogens (tertiary/aromatic N) is 3. The molecular weight excluding hydrogens is 726 g/mol. The van der Waals surface area contributed by atoms with Gasteiger partial charge in [-0.05, 0) is 18.4 Å². The maximum Gasteiger partial charge on any atom is 0.187 e. The molecule has 0 unspecified atom stereocenters. The van der Waals surface area contributed by atoms with Crippen LogP contribution in [0.15, 0.2) is 5.11 Å². The van der Waals surface area contributed by atoms with Crippen LogP contribution in [0, 0.1) is 0 Å². The lowest BCUT2D eigenvalue weighted by molar-refractivity contribution is -0.403. The van der Waals surface area contributed by atoms with Crippen LogP contribution in [0.3, 0.4) is 0 Å². The predicted octanol–water partition coefficient (Wildman–Crippen LogP) is -7.24. The average molecular weight is 778 g/mol. The van der Waals surface area contributed by atoms with Gasteiger partial charge >= 0.3 is 0 Å². The van der Waals surface area contributed by atoms with Gasteiger partial charge in [0, 0.05) is 18.1 Å². The van der Waals surface area contributed by atoms with E-state index in [1.54, 1.807) is 0 Å². The van der Waals surface area contributed by atoms with Gasteiger partial charge in [-0.2, -0.15) is 0 Å². The zero-order valence-corrected chi connectivity index (χ0v) is 28.3. The fourth-order valence-corrected chi connectivity index (χ4v) is 6.32. The van der Waals surface area contributed by atoms with Crippen molar-refractivity contribution in [2.45, 2.75) is 142 Å². The molecule has 0 aromatic carbocycles. The molecule has 0 aromatic rings. The monoisotopic (exact) mass is 777 g/mol. The van der Waals surface area contributed by atoms with Gasteiger partial charge < -0.3 is 104 Å². The highest BCUT2D eigenvalue weighted by Gasteiger charge is 2.56. The summed E-state index contributed by atoms with van der Waals surface area (Å²) in [6, 6.07) is 0. The average Bonchev–Trinajstić information content (AvgIpc) is 3.15. The van der Waals surface area contributed by atoms with Crippen LogP contribution in [0.5, 0.6) is 0 Å². The van der Waals surface area contributed by atoms with Crippen molar-refractivity contribution in [2.75, 3.05) is 39.6 Å². The first-order valence-electron chi connectivity index (χ1n) is 17.1. The number of aliphatic hydroxyl groups is 13. The van der Waals surface area contributed by atoms with Crippen molar-refractivity contribution in [3.63, 3.8) is 0 Å². The number of ether oxygens (including phenoxy) is 8. The summed E-state index contributed by atoms with van der Waals surface area (Å²) in [5.74, 6) is 0. The summed E-state index contributed by atoms with van der Waals surface area (Å²) in [7, 11) is 0. The lowest BCUT2D eigenvalue weighted by Gasteiger charge is -2.49. The van der Waals surface area contributed by atoms with Crippen LogP contribution in [0.25, 0.3) is 10.4 Å². The Bertz CT molecular complexity index is 1140. The number of aliphatic hydroxyl groups excluding tert-OH is 13. The van der Waals surface area contributed by atoms with E-state index in [0.717, 1.165) is 0 Å². The van der Waals surface area contributed by atoms with Crippen molar-refractivity contribution in [3.05, 3.63) is 10.4 Å². The van der Waals surface area contributed by atoms with Gasteiger partial charge in [-0.1, -0.05) is 11.5 Å². The zero-order valence-electron chi connectivity index (χ0n) is 28.3. The standard InChI is InChI=1S/C29H51N3O21/c30-32-31-4-2-1-3-5-46-26-22(45)23(17(40)13(9-36)47-26)51-28-25(20(43)16(39)11(7-34)49-28)53-29-24(19(42)15(38)12(8-35)50-29)52-27-21(44)18(41)14(37)10(6-33)48-27/h10-29,33-45H,1-9H2/t10-,11-,12-,13-,14-,15-,16-,17-,18+,19+,20+,21+,22+,23+,24+,25+,26+,27-,28-,29-/m1/s1. The lowest BCUT2D eigenvalue weighted by atomic mass is 9.95. The fourth-order valence-electron chi connectivity index (χ4n) is 6.32. The minimum absolute atomic E-state index is 0.0250. The van der Waals surface area contributed by atoms with E-state index < -0.39 is 149 Å². The van der Waals surface area contributed by atoms with Crippen LogP contribution < -0.4 is 0 Å². The number of hydrogen-bond acceptors (Lipinski definition) is 22. The fraction of sp³-hybridized carbons (Fsp3) is 1.00. The van der Waals surface area contributed by atoms with Crippen LogP contribution in [-0.4, -0.2) is 229 Å². The molecule has 0 amide bonds. The number of rotatable bonds is 17. The van der Waals surface area contributed by atoms with Crippen LogP contribution in [0.4, 0.5) is 0 Å². The summed E-state index contributed by atoms with van der Waals surface area (Å²) in [6.45, 7) is -3.11. The van der Waals surface area contributed by atoms with Gasteiger partial charge in [0.05, 0.1) is 26.4 Å². The highest BCUT2D eigenvalue weighted by Crippen LogP contribution is 2.35. The third kappa shape index (κ3) is 10.3. The summed E-state index contributed by atoms with van der Waals surface area (Å²) in [4.78, 5) is 2.66. The quantitative estimate of drug-likeness (QED) is 0.0282. The summed E-state index contributed by atoms with van der Waals surface area (Å²) < 4.78 is 45.2. The van der Waals surface area contributed by atoms with Crippen LogP contribution in [0.1, 0.15) is 19.3 Å². The molecule has 0 spiro atoms. The lowest BCUT2D eigenvalue weighted by Crippen LogP contribution is -2.68. The molecule has 4 fully saturated rings. The molecule has 24 nitrogen and oxygen atoms in total. The van der Waals surface area contributed by atoms with Crippen molar-refractivity contribution in [3.8, 4) is 0 Å². The molecule has 0 saturated carbocycles. The molecule has 24 heteroatoms. The molecule has 4 rings (SSSR count). The van der Waals surface area contributed by atoms with Crippen molar-refractivity contribution >= 4 is 0 Å². The molecule has 4 aliphatic rings. The Morgan fingerprint density at radius 1 is 0.453 bits per heavy atom. The van der Waals surface area contributed by atoms with Crippen molar-refractivity contribution in [1.82, 2.24) is 0 Å². The molecule has 4 saturated heterocycles. The normalized spacial score (nSPS) is 46.5. The number of unbranched alkanes of at least 4 members (excludes halogenated alkanes) is 2. The Kier molecular flexibility index (Phi) is 17.2. The third-order valence-corrected chi connectivity index (χ3v) is 9.44. The van der Waals surface area contributed by atoms with Crippen molar-refractivity contribution in [2.24, 2.45) is 5.11 Å². The van der Waals surface area contributed by atoms with Crippen LogP contribution in [-0.2, 0) is 37.9 Å². The molecule has 0 aliphatic carbocycles. The summed E-state index contributed by atoms with van der Waals surface area (Å²) in [5, 5.41) is 139. The van der Waals surface area contributed by atoms with Crippen LogP contribution in [0.2, 0.25) is 0 Å². The van der Waals surface area contributed by atoms with E-state index in [0.29, 0.717) is 19.3 Å². The highest BCUT2D eigenvalue weighted by atomic mass is 16.8. The van der Waals surface area contributed by atoms with Gasteiger partial charge in [0.25, 0.3) is 0 Å². The molecule has 308 valence electrons. The van der Waals surface area contributed by atoms with Crippen molar-refractivity contribution < 1.29 is 104 Å². The van der Waals surface area contributed by atoms with E-state index >= 15 is 0 Å². The van der Waals surface area contributed by atoms with Crippen molar-refractivity contribution in [1.29, 1.82) is 0 Å². The minimum Gasteiger partial charge on any atom is -0.394 e. The molecular formula is C29H51N3O21. The van der Waals surface area contributed by atoms with Gasteiger partial charge in [-0.3, -0.25) is 0 Å². The van der Waals surface area contributed by atoms with E-state index in [1.807, 2.05) is 0 Å². The summed E-state index contributed by atoms with van der Waals surface area (Å²) in [6.07, 6.45) is -34.3. The van der Waals surface area contributed by atoms with Crippen LogP contribution >= 0.6 is 0 Å². The number of hydrogen-bond donors (Lipinski definition) is 13. The molecule has 4 aliphatic heterocycles. The Hall–Kier alpha value is -1.53. The first kappa shape index (κ1) is 44.2. The SMILES string of the molecule is [N-]=[N+]=NCCCCCO[C@H]1O[C@H](CO)[C@@H](O)[C@H](O[C@H]2O[C@H](CO)[C@@H](O)[C@H](O)[C@@H]2O[C@H]2O[C@H](CO)[C@@H](O)[C@H](O)[C@@H]2O[C@H]2O[C@H](CO)[C@@H](O)[C@H](O)[C@@H]2O)[C@@H]1O. The summed E-state index contributed by atoms with van der Waals surface area (Å²) in [5.41, 5.74) is 8.39. The Morgan fingerprint density at radius 2 is 0.887 bits per heavy atom. The molecule has 53 heavy (non-hydrogen) atoms. The smallest absolute Gasteiger partial charge is 0.187 e. The maximum atomic E-state index is 11.2. The third-order valence-electron chi connectivity index (χ3n) is 9.44. The Labute approximate surface area is 301 Å². The summed E-state index contributed by atoms with van der Waals surface area (Å²) >= 11 is 0.